The number of rotatable bonds is 3. The van der Waals surface area contributed by atoms with Crippen molar-refractivity contribution in [2.75, 3.05) is 12.3 Å². The third kappa shape index (κ3) is 2.76. The van der Waals surface area contributed by atoms with Gasteiger partial charge in [0.2, 0.25) is 0 Å². The Morgan fingerprint density at radius 2 is 2.30 bits per heavy atom. The van der Waals surface area contributed by atoms with Crippen molar-refractivity contribution in [3.05, 3.63) is 23.2 Å². The molecule has 0 radical (unpaired) electrons. The van der Waals surface area contributed by atoms with Crippen LogP contribution in [0.25, 0.3) is 11.4 Å². The number of hydrogen-bond acceptors (Lipinski definition) is 5. The van der Waals surface area contributed by atoms with Crippen LogP contribution in [0, 0.1) is 0 Å². The number of nitrogen functional groups attached to an aromatic ring is 1. The molecule has 7 heteroatoms. The van der Waals surface area contributed by atoms with Gasteiger partial charge in [0.1, 0.15) is 0 Å². The quantitative estimate of drug-likeness (QED) is 0.877. The number of nitrogens with two attached hydrogens (primary N) is 1. The van der Waals surface area contributed by atoms with E-state index in [4.69, 9.17) is 22.1 Å². The molecule has 20 heavy (non-hydrogen) atoms. The molecule has 1 aromatic heterocycles. The number of benzene rings is 1. The van der Waals surface area contributed by atoms with Crippen LogP contribution in [0.15, 0.2) is 18.2 Å². The van der Waals surface area contributed by atoms with E-state index in [9.17, 15) is 0 Å². The van der Waals surface area contributed by atoms with E-state index >= 15 is 0 Å². The van der Waals surface area contributed by atoms with Gasteiger partial charge in [0.25, 0.3) is 0 Å². The zero-order chi connectivity index (χ0) is 13.9. The molecule has 0 aliphatic carbocycles. The fourth-order valence-electron chi connectivity index (χ4n) is 2.39. The molecular weight excluding hydrogens is 278 g/mol. The standard InChI is InChI=1S/C13H16ClN5O/c14-9-4-5-12(15)11(7-9)13-16-17-18-19(13)8-10-3-1-2-6-20-10/h4-5,7,10H,1-3,6,8,15H2. The Morgan fingerprint density at radius 3 is 3.10 bits per heavy atom. The summed E-state index contributed by atoms with van der Waals surface area (Å²) in [6.07, 6.45) is 3.50. The molecule has 1 saturated heterocycles. The zero-order valence-corrected chi connectivity index (χ0v) is 11.8. The van der Waals surface area contributed by atoms with Crippen LogP contribution in [0.2, 0.25) is 5.02 Å². The second-order valence-corrected chi connectivity index (χ2v) is 5.34. The number of tetrazole rings is 1. The lowest BCUT2D eigenvalue weighted by atomic mass is 10.1. The van der Waals surface area contributed by atoms with Crippen molar-refractivity contribution in [3.8, 4) is 11.4 Å². The summed E-state index contributed by atoms with van der Waals surface area (Å²) in [7, 11) is 0. The number of halogens is 1. The fraction of sp³-hybridized carbons (Fsp3) is 0.462. The molecule has 0 saturated carbocycles. The molecule has 1 fully saturated rings. The molecule has 1 aliphatic rings. The molecule has 1 aromatic carbocycles. The first kappa shape index (κ1) is 13.3. The zero-order valence-electron chi connectivity index (χ0n) is 11.0. The van der Waals surface area contributed by atoms with E-state index in [2.05, 4.69) is 15.5 Å². The number of ether oxygens (including phenoxy) is 1. The topological polar surface area (TPSA) is 78.9 Å². The molecule has 3 rings (SSSR count). The van der Waals surface area contributed by atoms with Gasteiger partial charge in [0.15, 0.2) is 5.82 Å². The van der Waals surface area contributed by atoms with Crippen molar-refractivity contribution < 1.29 is 4.74 Å². The van der Waals surface area contributed by atoms with Gasteiger partial charge in [-0.15, -0.1) is 5.10 Å². The Hall–Kier alpha value is -1.66. The van der Waals surface area contributed by atoms with Crippen molar-refractivity contribution in [2.24, 2.45) is 0 Å². The lowest BCUT2D eigenvalue weighted by molar-refractivity contribution is 0.00398. The Bertz CT molecular complexity index is 594. The summed E-state index contributed by atoms with van der Waals surface area (Å²) < 4.78 is 7.46. The van der Waals surface area contributed by atoms with Crippen LogP contribution >= 0.6 is 11.6 Å². The van der Waals surface area contributed by atoms with E-state index in [1.807, 2.05) is 0 Å². The molecule has 2 heterocycles. The highest BCUT2D eigenvalue weighted by Crippen LogP contribution is 2.27. The molecular formula is C13H16ClN5O. The fourth-order valence-corrected chi connectivity index (χ4v) is 2.56. The third-order valence-electron chi connectivity index (χ3n) is 3.44. The van der Waals surface area contributed by atoms with Gasteiger partial charge in [0, 0.05) is 22.9 Å². The van der Waals surface area contributed by atoms with E-state index in [0.717, 1.165) is 25.0 Å². The van der Waals surface area contributed by atoms with Crippen LogP contribution in [0.3, 0.4) is 0 Å². The second kappa shape index (κ2) is 5.76. The Kier molecular flexibility index (Phi) is 3.84. The average Bonchev–Trinajstić information content (AvgIpc) is 2.91. The van der Waals surface area contributed by atoms with E-state index in [1.165, 1.54) is 6.42 Å². The monoisotopic (exact) mass is 293 g/mol. The van der Waals surface area contributed by atoms with Gasteiger partial charge in [-0.05, 0) is 47.9 Å². The van der Waals surface area contributed by atoms with Crippen LogP contribution in [0.1, 0.15) is 19.3 Å². The summed E-state index contributed by atoms with van der Waals surface area (Å²) in [6.45, 7) is 1.44. The number of aromatic nitrogens is 4. The number of hydrogen-bond donors (Lipinski definition) is 1. The van der Waals surface area contributed by atoms with Gasteiger partial charge < -0.3 is 10.5 Å². The van der Waals surface area contributed by atoms with Gasteiger partial charge in [-0.25, -0.2) is 4.68 Å². The molecule has 106 valence electrons. The first-order valence-electron chi connectivity index (χ1n) is 6.67. The summed E-state index contributed by atoms with van der Waals surface area (Å²) in [5.74, 6) is 0.624. The van der Waals surface area contributed by atoms with E-state index in [1.54, 1.807) is 22.9 Å². The molecule has 1 atom stereocenters. The van der Waals surface area contributed by atoms with Gasteiger partial charge in [-0.2, -0.15) is 0 Å². The van der Waals surface area contributed by atoms with E-state index < -0.39 is 0 Å². The lowest BCUT2D eigenvalue weighted by Crippen LogP contribution is -2.25. The lowest BCUT2D eigenvalue weighted by Gasteiger charge is -2.22. The summed E-state index contributed by atoms with van der Waals surface area (Å²) >= 11 is 6.02. The maximum atomic E-state index is 6.02. The van der Waals surface area contributed by atoms with E-state index in [-0.39, 0.29) is 6.10 Å². The molecule has 2 aromatic rings. The second-order valence-electron chi connectivity index (χ2n) is 4.90. The maximum absolute atomic E-state index is 6.02. The van der Waals surface area contributed by atoms with Crippen LogP contribution < -0.4 is 5.73 Å². The van der Waals surface area contributed by atoms with Crippen molar-refractivity contribution in [1.82, 2.24) is 20.2 Å². The number of nitrogens with zero attached hydrogens (tertiary/aromatic N) is 4. The number of anilines is 1. The van der Waals surface area contributed by atoms with Crippen molar-refractivity contribution in [3.63, 3.8) is 0 Å². The van der Waals surface area contributed by atoms with Crippen LogP contribution in [0.5, 0.6) is 0 Å². The molecule has 6 nitrogen and oxygen atoms in total. The first-order valence-corrected chi connectivity index (χ1v) is 7.05. The summed E-state index contributed by atoms with van der Waals surface area (Å²) in [6, 6.07) is 5.29. The van der Waals surface area contributed by atoms with Crippen LogP contribution in [0.4, 0.5) is 5.69 Å². The Balaban J connectivity index is 1.87. The molecule has 1 unspecified atom stereocenters. The van der Waals surface area contributed by atoms with Gasteiger partial charge in [0.05, 0.1) is 12.6 Å². The highest BCUT2D eigenvalue weighted by molar-refractivity contribution is 6.31. The maximum Gasteiger partial charge on any atom is 0.184 e. The van der Waals surface area contributed by atoms with Gasteiger partial charge in [-0.3, -0.25) is 0 Å². The molecule has 0 bridgehead atoms. The van der Waals surface area contributed by atoms with Crippen molar-refractivity contribution in [1.29, 1.82) is 0 Å². The van der Waals surface area contributed by atoms with Crippen LogP contribution in [-0.4, -0.2) is 32.9 Å². The molecule has 0 amide bonds. The molecule has 2 N–H and O–H groups in total. The SMILES string of the molecule is Nc1ccc(Cl)cc1-c1nnnn1CC1CCCCO1. The normalized spacial score (nSPS) is 19.1. The molecule has 1 aliphatic heterocycles. The highest BCUT2D eigenvalue weighted by Gasteiger charge is 2.19. The minimum atomic E-state index is 0.159. The van der Waals surface area contributed by atoms with E-state index in [0.29, 0.717) is 23.1 Å². The van der Waals surface area contributed by atoms with Crippen molar-refractivity contribution in [2.45, 2.75) is 31.9 Å². The highest BCUT2D eigenvalue weighted by atomic mass is 35.5. The first-order chi connectivity index (χ1) is 9.74. The minimum absolute atomic E-state index is 0.159. The third-order valence-corrected chi connectivity index (χ3v) is 3.67. The predicted molar refractivity (Wildman–Crippen MR) is 76.3 cm³/mol. The Labute approximate surface area is 121 Å². The minimum Gasteiger partial charge on any atom is -0.398 e. The smallest absolute Gasteiger partial charge is 0.184 e. The van der Waals surface area contributed by atoms with Crippen LogP contribution in [-0.2, 0) is 11.3 Å². The summed E-state index contributed by atoms with van der Waals surface area (Å²) in [5, 5.41) is 12.4. The molecule has 0 spiro atoms. The van der Waals surface area contributed by atoms with Gasteiger partial charge in [-0.1, -0.05) is 11.6 Å². The summed E-state index contributed by atoms with van der Waals surface area (Å²) in [5.41, 5.74) is 7.34. The predicted octanol–water partition coefficient (Wildman–Crippen LogP) is 2.14. The van der Waals surface area contributed by atoms with Crippen molar-refractivity contribution >= 4 is 17.3 Å². The Morgan fingerprint density at radius 1 is 1.40 bits per heavy atom. The summed E-state index contributed by atoms with van der Waals surface area (Å²) in [4.78, 5) is 0. The largest absolute Gasteiger partial charge is 0.398 e. The van der Waals surface area contributed by atoms with Gasteiger partial charge >= 0.3 is 0 Å². The average molecular weight is 294 g/mol.